The summed E-state index contributed by atoms with van der Waals surface area (Å²) >= 11 is 0. The Hall–Kier alpha value is -2.78. The Morgan fingerprint density at radius 1 is 0.818 bits per heavy atom. The van der Waals surface area contributed by atoms with Crippen molar-refractivity contribution in [2.24, 2.45) is 0 Å². The predicted octanol–water partition coefficient (Wildman–Crippen LogP) is 7.13. The Morgan fingerprint density at radius 3 is 2.21 bits per heavy atom. The Balaban J connectivity index is 0.000000994. The summed E-state index contributed by atoms with van der Waals surface area (Å²) in [6.07, 6.45) is 2.65. The quantitative estimate of drug-likeness (QED) is 0.403. The highest BCUT2D eigenvalue weighted by Gasteiger charge is 2.33. The highest BCUT2D eigenvalue weighted by atomic mass is 16.5. The van der Waals surface area contributed by atoms with Gasteiger partial charge < -0.3 is 9.47 Å². The molecule has 3 aromatic carbocycles. The van der Waals surface area contributed by atoms with E-state index in [4.69, 9.17) is 9.47 Å². The fourth-order valence-corrected chi connectivity index (χ4v) is 4.83. The van der Waals surface area contributed by atoms with Gasteiger partial charge in [0.15, 0.2) is 0 Å². The van der Waals surface area contributed by atoms with E-state index in [1.54, 1.807) is 0 Å². The van der Waals surface area contributed by atoms with E-state index in [-0.39, 0.29) is 13.3 Å². The van der Waals surface area contributed by atoms with Crippen LogP contribution in [0.15, 0.2) is 78.9 Å². The van der Waals surface area contributed by atoms with Crippen LogP contribution in [0.4, 0.5) is 0 Å². The average molecular weight is 446 g/mol. The topological polar surface area (TPSA) is 21.7 Å². The second-order valence-electron chi connectivity index (χ2n) is 8.31. The molecule has 1 fully saturated rings. The lowest BCUT2D eigenvalue weighted by atomic mass is 9.76. The van der Waals surface area contributed by atoms with Crippen molar-refractivity contribution in [1.29, 1.82) is 0 Å². The molecule has 2 aliphatic rings. The van der Waals surface area contributed by atoms with Crippen LogP contribution in [0.1, 0.15) is 62.6 Å². The van der Waals surface area contributed by atoms with Crippen LogP contribution in [0.3, 0.4) is 0 Å². The minimum atomic E-state index is 0. The SMILES string of the molecule is C.CC.c1ccc(C2COc3ccccc3C2c2ccc(OCCN3CCCC3)cc2)cc1. The second-order valence-corrected chi connectivity index (χ2v) is 8.31. The molecule has 0 saturated carbocycles. The first-order valence-corrected chi connectivity index (χ1v) is 12.1. The largest absolute Gasteiger partial charge is 0.493 e. The summed E-state index contributed by atoms with van der Waals surface area (Å²) in [6, 6.07) is 27.9. The van der Waals surface area contributed by atoms with E-state index in [0.717, 1.165) is 24.7 Å². The lowest BCUT2D eigenvalue weighted by Gasteiger charge is -2.34. The third-order valence-corrected chi connectivity index (χ3v) is 6.42. The lowest BCUT2D eigenvalue weighted by molar-refractivity contribution is 0.237. The van der Waals surface area contributed by atoms with Crippen LogP contribution in [0.5, 0.6) is 11.5 Å². The van der Waals surface area contributed by atoms with Crippen molar-refractivity contribution >= 4 is 0 Å². The summed E-state index contributed by atoms with van der Waals surface area (Å²) in [5.41, 5.74) is 3.90. The molecule has 3 heteroatoms. The molecule has 1 saturated heterocycles. The highest BCUT2D eigenvalue weighted by Crippen LogP contribution is 2.46. The van der Waals surface area contributed by atoms with Gasteiger partial charge in [-0.1, -0.05) is 81.9 Å². The fourth-order valence-electron chi connectivity index (χ4n) is 4.83. The fraction of sp³-hybridized carbons (Fsp3) is 0.400. The van der Waals surface area contributed by atoms with Crippen molar-refractivity contribution in [2.75, 3.05) is 32.8 Å². The molecule has 0 aromatic heterocycles. The maximum atomic E-state index is 6.14. The molecular weight excluding hydrogens is 406 g/mol. The first-order valence-electron chi connectivity index (χ1n) is 12.1. The van der Waals surface area contributed by atoms with Gasteiger partial charge >= 0.3 is 0 Å². The maximum absolute atomic E-state index is 6.14. The molecule has 0 spiro atoms. The number of ether oxygens (including phenoxy) is 2. The van der Waals surface area contributed by atoms with E-state index in [9.17, 15) is 0 Å². The number of nitrogens with zero attached hydrogens (tertiary/aromatic N) is 1. The molecule has 2 heterocycles. The molecule has 2 atom stereocenters. The van der Waals surface area contributed by atoms with E-state index in [1.165, 1.54) is 42.6 Å². The zero-order chi connectivity index (χ0) is 22.2. The predicted molar refractivity (Wildman–Crippen MR) is 139 cm³/mol. The molecule has 33 heavy (non-hydrogen) atoms. The van der Waals surface area contributed by atoms with E-state index in [1.807, 2.05) is 13.8 Å². The number of benzene rings is 3. The first-order chi connectivity index (χ1) is 15.9. The molecule has 0 aliphatic carbocycles. The smallest absolute Gasteiger partial charge is 0.123 e. The lowest BCUT2D eigenvalue weighted by Crippen LogP contribution is -2.25. The summed E-state index contributed by atoms with van der Waals surface area (Å²) in [5.74, 6) is 2.52. The molecule has 3 nitrogen and oxygen atoms in total. The summed E-state index contributed by atoms with van der Waals surface area (Å²) in [5, 5.41) is 0. The molecule has 2 aliphatic heterocycles. The van der Waals surface area contributed by atoms with Gasteiger partial charge in [0.1, 0.15) is 18.1 Å². The molecule has 2 unspecified atom stereocenters. The van der Waals surface area contributed by atoms with Crippen molar-refractivity contribution < 1.29 is 9.47 Å². The zero-order valence-corrected chi connectivity index (χ0v) is 19.4. The van der Waals surface area contributed by atoms with Crippen molar-refractivity contribution in [3.8, 4) is 11.5 Å². The van der Waals surface area contributed by atoms with Gasteiger partial charge in [-0.3, -0.25) is 4.90 Å². The molecule has 176 valence electrons. The van der Waals surface area contributed by atoms with Gasteiger partial charge in [0, 0.05) is 23.9 Å². The average Bonchev–Trinajstić information content (AvgIpc) is 3.39. The van der Waals surface area contributed by atoms with Crippen LogP contribution in [-0.4, -0.2) is 37.7 Å². The number of rotatable bonds is 6. The Labute approximate surface area is 200 Å². The van der Waals surface area contributed by atoms with Crippen LogP contribution in [0.2, 0.25) is 0 Å². The minimum absolute atomic E-state index is 0. The van der Waals surface area contributed by atoms with Crippen LogP contribution in [0.25, 0.3) is 0 Å². The number of likely N-dealkylation sites (tertiary alicyclic amines) is 1. The second kappa shape index (κ2) is 12.5. The van der Waals surface area contributed by atoms with Crippen molar-refractivity contribution in [2.45, 2.75) is 46.0 Å². The molecule has 0 bridgehead atoms. The van der Waals surface area contributed by atoms with Crippen LogP contribution in [0, 0.1) is 0 Å². The van der Waals surface area contributed by atoms with Gasteiger partial charge in [-0.25, -0.2) is 0 Å². The van der Waals surface area contributed by atoms with E-state index in [2.05, 4.69) is 83.8 Å². The van der Waals surface area contributed by atoms with Gasteiger partial charge in [-0.2, -0.15) is 0 Å². The van der Waals surface area contributed by atoms with Gasteiger partial charge in [0.05, 0.1) is 6.61 Å². The molecule has 5 rings (SSSR count). The summed E-state index contributed by atoms with van der Waals surface area (Å²) in [4.78, 5) is 2.48. The van der Waals surface area contributed by atoms with E-state index >= 15 is 0 Å². The number of hydrogen-bond acceptors (Lipinski definition) is 3. The van der Waals surface area contributed by atoms with Crippen molar-refractivity contribution in [1.82, 2.24) is 4.90 Å². The third-order valence-electron chi connectivity index (χ3n) is 6.42. The van der Waals surface area contributed by atoms with Crippen molar-refractivity contribution in [3.05, 3.63) is 95.6 Å². The Bertz CT molecular complexity index is 949. The molecule has 3 aromatic rings. The van der Waals surface area contributed by atoms with Crippen LogP contribution >= 0.6 is 0 Å². The number of hydrogen-bond donors (Lipinski definition) is 0. The minimum Gasteiger partial charge on any atom is -0.493 e. The Morgan fingerprint density at radius 2 is 1.48 bits per heavy atom. The monoisotopic (exact) mass is 445 g/mol. The normalized spacial score (nSPS) is 19.3. The Kier molecular flexibility index (Phi) is 9.38. The van der Waals surface area contributed by atoms with Gasteiger partial charge in [0.25, 0.3) is 0 Å². The van der Waals surface area contributed by atoms with Gasteiger partial charge in [0.2, 0.25) is 0 Å². The molecule has 0 N–H and O–H groups in total. The van der Waals surface area contributed by atoms with Gasteiger partial charge in [-0.05, 0) is 55.3 Å². The standard InChI is InChI=1S/C27H29NO2.C2H6.CH4/c1-2-8-21(9-3-1)25-20-30-26-11-5-4-10-24(26)27(25)22-12-14-23(15-13-22)29-19-18-28-16-6-7-17-28;1-2;/h1-5,8-15,25,27H,6-7,16-20H2;1-2H3;1H4. The summed E-state index contributed by atoms with van der Waals surface area (Å²) in [7, 11) is 0. The highest BCUT2D eigenvalue weighted by molar-refractivity contribution is 5.48. The first kappa shape index (κ1) is 24.9. The van der Waals surface area contributed by atoms with E-state index < -0.39 is 0 Å². The summed E-state index contributed by atoms with van der Waals surface area (Å²) in [6.45, 7) is 8.90. The molecule has 0 radical (unpaired) electrons. The van der Waals surface area contributed by atoms with Crippen LogP contribution in [-0.2, 0) is 0 Å². The number of fused-ring (bicyclic) bond motifs is 1. The number of para-hydroxylation sites is 1. The zero-order valence-electron chi connectivity index (χ0n) is 19.4. The van der Waals surface area contributed by atoms with E-state index in [0.29, 0.717) is 12.5 Å². The van der Waals surface area contributed by atoms with Crippen LogP contribution < -0.4 is 9.47 Å². The maximum Gasteiger partial charge on any atom is 0.123 e. The third kappa shape index (κ3) is 5.97. The molecule has 0 amide bonds. The molecular formula is C30H39NO2. The van der Waals surface area contributed by atoms with Crippen molar-refractivity contribution in [3.63, 3.8) is 0 Å². The summed E-state index contributed by atoms with van der Waals surface area (Å²) < 4.78 is 12.2. The van der Waals surface area contributed by atoms with Gasteiger partial charge in [-0.15, -0.1) is 0 Å².